The molecule has 2 rings (SSSR count). The lowest BCUT2D eigenvalue weighted by Crippen LogP contribution is -1.96. The van der Waals surface area contributed by atoms with E-state index in [4.69, 9.17) is 5.11 Å². The predicted octanol–water partition coefficient (Wildman–Crippen LogP) is 0.709. The molecule has 0 bridgehead atoms. The Morgan fingerprint density at radius 3 is 2.93 bits per heavy atom. The molecular weight excluding hydrogens is 198 g/mol. The minimum Gasteiger partial charge on any atom is -0.478 e. The number of aromatic nitrogens is 3. The van der Waals surface area contributed by atoms with E-state index >= 15 is 0 Å². The Balaban J connectivity index is 2.57. The van der Waals surface area contributed by atoms with Crippen LogP contribution in [-0.2, 0) is 0 Å². The van der Waals surface area contributed by atoms with E-state index in [1.165, 1.54) is 12.3 Å². The topological polar surface area (TPSA) is 99.1 Å². The van der Waals surface area contributed by atoms with Crippen molar-refractivity contribution in [2.75, 3.05) is 0 Å². The molecule has 1 atom stereocenters. The summed E-state index contributed by atoms with van der Waals surface area (Å²) in [6.45, 7) is 1.57. The largest absolute Gasteiger partial charge is 0.478 e. The van der Waals surface area contributed by atoms with Gasteiger partial charge in [-0.3, -0.25) is 0 Å². The molecular formula is C9H9N3O3. The summed E-state index contributed by atoms with van der Waals surface area (Å²) in [5.41, 5.74) is 0.991. The van der Waals surface area contributed by atoms with Crippen LogP contribution in [0.2, 0.25) is 0 Å². The summed E-state index contributed by atoms with van der Waals surface area (Å²) >= 11 is 0. The molecule has 2 aromatic rings. The number of hydrogen-bond donors (Lipinski definition) is 3. The highest BCUT2D eigenvalue weighted by molar-refractivity contribution is 5.90. The molecule has 15 heavy (non-hydrogen) atoms. The van der Waals surface area contributed by atoms with Crippen LogP contribution in [0.15, 0.2) is 12.3 Å². The van der Waals surface area contributed by atoms with E-state index in [1.807, 2.05) is 0 Å². The Hall–Kier alpha value is -1.95. The molecule has 0 spiro atoms. The van der Waals surface area contributed by atoms with Crippen LogP contribution >= 0.6 is 0 Å². The Kier molecular flexibility index (Phi) is 2.12. The third kappa shape index (κ3) is 1.66. The first-order valence-corrected chi connectivity index (χ1v) is 4.35. The van der Waals surface area contributed by atoms with E-state index in [2.05, 4.69) is 15.0 Å². The van der Waals surface area contributed by atoms with Crippen LogP contribution in [0.5, 0.6) is 0 Å². The van der Waals surface area contributed by atoms with Crippen molar-refractivity contribution in [1.82, 2.24) is 15.0 Å². The van der Waals surface area contributed by atoms with E-state index < -0.39 is 12.1 Å². The first-order valence-electron chi connectivity index (χ1n) is 4.35. The maximum Gasteiger partial charge on any atom is 0.337 e. The number of imidazole rings is 1. The second-order valence-electron chi connectivity index (χ2n) is 3.20. The number of hydrogen-bond acceptors (Lipinski definition) is 4. The van der Waals surface area contributed by atoms with Gasteiger partial charge in [-0.15, -0.1) is 0 Å². The fourth-order valence-electron chi connectivity index (χ4n) is 1.23. The first kappa shape index (κ1) is 9.60. The molecule has 0 aliphatic heterocycles. The van der Waals surface area contributed by atoms with Crippen molar-refractivity contribution in [1.29, 1.82) is 0 Å². The van der Waals surface area contributed by atoms with Crippen LogP contribution in [-0.4, -0.2) is 31.1 Å². The van der Waals surface area contributed by atoms with Gasteiger partial charge in [-0.1, -0.05) is 0 Å². The number of aliphatic hydroxyl groups is 1. The minimum atomic E-state index is -1.04. The monoisotopic (exact) mass is 207 g/mol. The molecule has 0 unspecified atom stereocenters. The summed E-state index contributed by atoms with van der Waals surface area (Å²) in [5, 5.41) is 18.0. The molecule has 0 amide bonds. The zero-order chi connectivity index (χ0) is 11.0. The normalized spacial score (nSPS) is 12.9. The van der Waals surface area contributed by atoms with Crippen molar-refractivity contribution >= 4 is 17.1 Å². The number of aromatic carboxylic acids is 1. The SMILES string of the molecule is C[C@H](O)c1nc2ncc(C(=O)O)cc2[nH]1. The number of H-pyrrole nitrogens is 1. The fourth-order valence-corrected chi connectivity index (χ4v) is 1.23. The summed E-state index contributed by atoms with van der Waals surface area (Å²) in [5.74, 6) is -0.669. The van der Waals surface area contributed by atoms with Gasteiger partial charge in [0.05, 0.1) is 11.1 Å². The fraction of sp³-hybridized carbons (Fsp3) is 0.222. The van der Waals surface area contributed by atoms with Gasteiger partial charge in [0.1, 0.15) is 11.9 Å². The number of carboxylic acid groups (broad SMARTS) is 1. The van der Waals surface area contributed by atoms with Gasteiger partial charge < -0.3 is 15.2 Å². The highest BCUT2D eigenvalue weighted by Crippen LogP contribution is 2.14. The molecule has 3 N–H and O–H groups in total. The van der Waals surface area contributed by atoms with Crippen molar-refractivity contribution in [2.24, 2.45) is 0 Å². The Morgan fingerprint density at radius 2 is 2.33 bits per heavy atom. The van der Waals surface area contributed by atoms with Crippen LogP contribution < -0.4 is 0 Å². The van der Waals surface area contributed by atoms with Crippen molar-refractivity contribution in [2.45, 2.75) is 13.0 Å². The van der Waals surface area contributed by atoms with E-state index in [0.29, 0.717) is 17.0 Å². The van der Waals surface area contributed by atoms with Crippen LogP contribution in [0.25, 0.3) is 11.2 Å². The number of rotatable bonds is 2. The van der Waals surface area contributed by atoms with Crippen LogP contribution in [0.1, 0.15) is 29.2 Å². The van der Waals surface area contributed by atoms with E-state index in [1.54, 1.807) is 6.92 Å². The lowest BCUT2D eigenvalue weighted by molar-refractivity contribution is 0.0696. The number of nitrogens with one attached hydrogen (secondary N) is 1. The standard InChI is InChI=1S/C9H9N3O3/c1-4(13)7-11-6-2-5(9(14)15)3-10-8(6)12-7/h2-4,13H,1H3,(H,14,15)(H,10,11,12)/t4-/m0/s1. The third-order valence-corrected chi connectivity index (χ3v) is 2.00. The molecule has 2 heterocycles. The molecule has 0 saturated carbocycles. The molecule has 0 aliphatic carbocycles. The average Bonchev–Trinajstić information content (AvgIpc) is 2.59. The number of aliphatic hydroxyl groups excluding tert-OH is 1. The molecule has 6 nitrogen and oxygen atoms in total. The van der Waals surface area contributed by atoms with Gasteiger partial charge >= 0.3 is 5.97 Å². The van der Waals surface area contributed by atoms with E-state index in [0.717, 1.165) is 0 Å². The molecule has 0 aromatic carbocycles. The molecule has 0 aliphatic rings. The zero-order valence-electron chi connectivity index (χ0n) is 7.93. The quantitative estimate of drug-likeness (QED) is 0.673. The van der Waals surface area contributed by atoms with Gasteiger partial charge in [0, 0.05) is 6.20 Å². The van der Waals surface area contributed by atoms with Crippen molar-refractivity contribution < 1.29 is 15.0 Å². The average molecular weight is 207 g/mol. The predicted molar refractivity (Wildman–Crippen MR) is 51.5 cm³/mol. The van der Waals surface area contributed by atoms with Crippen molar-refractivity contribution in [3.8, 4) is 0 Å². The van der Waals surface area contributed by atoms with Crippen molar-refractivity contribution in [3.63, 3.8) is 0 Å². The Labute approximate surface area is 84.6 Å². The summed E-state index contributed by atoms with van der Waals surface area (Å²) in [6, 6.07) is 1.43. The number of pyridine rings is 1. The molecule has 78 valence electrons. The zero-order valence-corrected chi connectivity index (χ0v) is 7.93. The van der Waals surface area contributed by atoms with Gasteiger partial charge in [0.25, 0.3) is 0 Å². The molecule has 6 heteroatoms. The summed E-state index contributed by atoms with van der Waals surface area (Å²) < 4.78 is 0. The van der Waals surface area contributed by atoms with Gasteiger partial charge in [0.2, 0.25) is 0 Å². The maximum atomic E-state index is 10.7. The van der Waals surface area contributed by atoms with Crippen LogP contribution in [0.3, 0.4) is 0 Å². The van der Waals surface area contributed by atoms with Gasteiger partial charge in [-0.25, -0.2) is 14.8 Å². The Bertz CT molecular complexity index is 518. The van der Waals surface area contributed by atoms with Gasteiger partial charge in [-0.2, -0.15) is 0 Å². The number of aromatic amines is 1. The number of carboxylic acids is 1. The van der Waals surface area contributed by atoms with Crippen LogP contribution in [0, 0.1) is 0 Å². The highest BCUT2D eigenvalue weighted by Gasteiger charge is 2.10. The van der Waals surface area contributed by atoms with Gasteiger partial charge in [-0.05, 0) is 13.0 Å². The Morgan fingerprint density at radius 1 is 1.60 bits per heavy atom. The number of nitrogens with zero attached hydrogens (tertiary/aromatic N) is 2. The third-order valence-electron chi connectivity index (χ3n) is 2.00. The van der Waals surface area contributed by atoms with E-state index in [9.17, 15) is 9.90 Å². The van der Waals surface area contributed by atoms with Gasteiger partial charge in [0.15, 0.2) is 5.65 Å². The molecule has 0 saturated heterocycles. The second kappa shape index (κ2) is 3.32. The minimum absolute atomic E-state index is 0.0864. The van der Waals surface area contributed by atoms with Crippen molar-refractivity contribution in [3.05, 3.63) is 23.7 Å². The molecule has 0 fully saturated rings. The van der Waals surface area contributed by atoms with E-state index in [-0.39, 0.29) is 5.56 Å². The summed E-state index contributed by atoms with van der Waals surface area (Å²) in [6.07, 6.45) is 0.504. The second-order valence-corrected chi connectivity index (χ2v) is 3.20. The first-order chi connectivity index (χ1) is 7.08. The highest BCUT2D eigenvalue weighted by atomic mass is 16.4. The number of carbonyl (C=O) groups is 1. The molecule has 2 aromatic heterocycles. The lowest BCUT2D eigenvalue weighted by Gasteiger charge is -1.95. The summed E-state index contributed by atoms with van der Waals surface area (Å²) in [7, 11) is 0. The smallest absolute Gasteiger partial charge is 0.337 e. The summed E-state index contributed by atoms with van der Waals surface area (Å²) in [4.78, 5) is 21.3. The maximum absolute atomic E-state index is 10.7. The lowest BCUT2D eigenvalue weighted by atomic mass is 10.3. The number of fused-ring (bicyclic) bond motifs is 1. The molecule has 0 radical (unpaired) electrons. The van der Waals surface area contributed by atoms with Crippen LogP contribution in [0.4, 0.5) is 0 Å².